The van der Waals surface area contributed by atoms with Crippen LogP contribution in [0, 0.1) is 0 Å². The first-order chi connectivity index (χ1) is 16.4. The van der Waals surface area contributed by atoms with Crippen molar-refractivity contribution in [3.8, 4) is 0 Å². The van der Waals surface area contributed by atoms with Crippen LogP contribution in [0.15, 0.2) is 41.2 Å². The van der Waals surface area contributed by atoms with E-state index in [1.807, 2.05) is 6.92 Å². The second-order valence-electron chi connectivity index (χ2n) is 9.61. The van der Waals surface area contributed by atoms with Gasteiger partial charge >= 0.3 is 6.09 Å². The molecule has 0 bridgehead atoms. The first kappa shape index (κ1) is 26.3. The van der Waals surface area contributed by atoms with Gasteiger partial charge in [-0.3, -0.25) is 14.4 Å². The van der Waals surface area contributed by atoms with Gasteiger partial charge in [-0.15, -0.1) is 0 Å². The maximum atomic E-state index is 13.1. The van der Waals surface area contributed by atoms with E-state index >= 15 is 0 Å². The lowest BCUT2D eigenvalue weighted by molar-refractivity contribution is 0.0258. The standard InChI is InChI=1S/C25H31ClN4O5/c1-16-15-30-20(23(33)29(16)13-12-28(5)24(34)35-25(2,3)4)11-10-19(22(30)32)21(31)27-14-17-6-8-18(26)9-7-17/h6-11,16H,12-15H2,1-5H3,(H,27,31). The van der Waals surface area contributed by atoms with Gasteiger partial charge in [0.05, 0.1) is 0 Å². The van der Waals surface area contributed by atoms with Gasteiger partial charge in [-0.1, -0.05) is 23.7 Å². The molecule has 1 unspecified atom stereocenters. The molecule has 0 radical (unpaired) electrons. The van der Waals surface area contributed by atoms with Crippen LogP contribution in [0.3, 0.4) is 0 Å². The summed E-state index contributed by atoms with van der Waals surface area (Å²) in [5.74, 6) is -0.840. The van der Waals surface area contributed by atoms with E-state index in [9.17, 15) is 19.2 Å². The lowest BCUT2D eigenvalue weighted by Crippen LogP contribution is -2.52. The minimum absolute atomic E-state index is 0.0270. The first-order valence-corrected chi connectivity index (χ1v) is 11.8. The van der Waals surface area contributed by atoms with Crippen molar-refractivity contribution in [2.24, 2.45) is 0 Å². The number of hydrogen-bond donors (Lipinski definition) is 1. The molecule has 2 heterocycles. The summed E-state index contributed by atoms with van der Waals surface area (Å²) in [5.41, 5.74) is -0.0973. The summed E-state index contributed by atoms with van der Waals surface area (Å²) < 4.78 is 6.69. The number of halogens is 1. The van der Waals surface area contributed by atoms with Crippen LogP contribution in [-0.4, -0.2) is 64.1 Å². The van der Waals surface area contributed by atoms with Gasteiger partial charge in [0.25, 0.3) is 17.4 Å². The summed E-state index contributed by atoms with van der Waals surface area (Å²) in [6.07, 6.45) is -0.472. The Morgan fingerprint density at radius 3 is 2.43 bits per heavy atom. The van der Waals surface area contributed by atoms with Gasteiger partial charge in [0.15, 0.2) is 0 Å². The summed E-state index contributed by atoms with van der Waals surface area (Å²) in [6, 6.07) is 9.60. The molecule has 0 saturated heterocycles. The molecule has 188 valence electrons. The lowest BCUT2D eigenvalue weighted by atomic mass is 10.1. The molecule has 0 fully saturated rings. The number of carbonyl (C=O) groups is 3. The van der Waals surface area contributed by atoms with Crippen LogP contribution < -0.4 is 10.9 Å². The monoisotopic (exact) mass is 502 g/mol. The van der Waals surface area contributed by atoms with Crippen LogP contribution in [0.2, 0.25) is 5.02 Å². The van der Waals surface area contributed by atoms with Crippen LogP contribution in [-0.2, 0) is 17.8 Å². The number of amides is 3. The van der Waals surface area contributed by atoms with Crippen molar-refractivity contribution in [2.75, 3.05) is 20.1 Å². The van der Waals surface area contributed by atoms with Gasteiger partial charge in [0.1, 0.15) is 16.9 Å². The molecule has 1 aromatic carbocycles. The smallest absolute Gasteiger partial charge is 0.410 e. The van der Waals surface area contributed by atoms with Crippen molar-refractivity contribution < 1.29 is 19.1 Å². The first-order valence-electron chi connectivity index (χ1n) is 11.4. The summed E-state index contributed by atoms with van der Waals surface area (Å²) in [5, 5.41) is 3.33. The normalized spacial score (nSPS) is 15.4. The molecule has 1 aliphatic heterocycles. The molecular formula is C25H31ClN4O5. The predicted molar refractivity (Wildman–Crippen MR) is 133 cm³/mol. The molecule has 1 atom stereocenters. The number of aromatic nitrogens is 1. The van der Waals surface area contributed by atoms with Crippen molar-refractivity contribution in [2.45, 2.75) is 52.4 Å². The number of nitrogens with one attached hydrogen (secondary N) is 1. The largest absolute Gasteiger partial charge is 0.444 e. The summed E-state index contributed by atoms with van der Waals surface area (Å²) in [6.45, 7) is 8.24. The van der Waals surface area contributed by atoms with Crippen molar-refractivity contribution in [3.63, 3.8) is 0 Å². The van der Waals surface area contributed by atoms with Gasteiger partial charge in [0, 0.05) is 44.3 Å². The quantitative estimate of drug-likeness (QED) is 0.654. The number of fused-ring (bicyclic) bond motifs is 1. The third kappa shape index (κ3) is 6.42. The number of pyridine rings is 1. The van der Waals surface area contributed by atoms with E-state index in [-0.39, 0.29) is 49.4 Å². The predicted octanol–water partition coefficient (Wildman–Crippen LogP) is 3.14. The number of hydrogen-bond acceptors (Lipinski definition) is 5. The Morgan fingerprint density at radius 1 is 1.14 bits per heavy atom. The zero-order valence-electron chi connectivity index (χ0n) is 20.6. The highest BCUT2D eigenvalue weighted by Gasteiger charge is 2.32. The van der Waals surface area contributed by atoms with Crippen molar-refractivity contribution in [1.82, 2.24) is 19.7 Å². The third-order valence-corrected chi connectivity index (χ3v) is 5.88. The van der Waals surface area contributed by atoms with E-state index in [2.05, 4.69) is 5.32 Å². The number of benzene rings is 1. The van der Waals surface area contributed by atoms with Crippen molar-refractivity contribution in [1.29, 1.82) is 0 Å². The fourth-order valence-electron chi connectivity index (χ4n) is 3.72. The Labute approximate surface area is 209 Å². The molecular weight excluding hydrogens is 472 g/mol. The number of nitrogens with zero attached hydrogens (tertiary/aromatic N) is 3. The molecule has 0 aliphatic carbocycles. The minimum Gasteiger partial charge on any atom is -0.444 e. The maximum absolute atomic E-state index is 13.1. The van der Waals surface area contributed by atoms with Gasteiger partial charge in [-0.05, 0) is 57.5 Å². The molecule has 3 rings (SSSR count). The van der Waals surface area contributed by atoms with E-state index < -0.39 is 23.2 Å². The third-order valence-electron chi connectivity index (χ3n) is 5.63. The number of carbonyl (C=O) groups excluding carboxylic acids is 3. The van der Waals surface area contributed by atoms with Crippen LogP contribution in [0.25, 0.3) is 0 Å². The van der Waals surface area contributed by atoms with Crippen LogP contribution in [0.1, 0.15) is 54.1 Å². The molecule has 9 nitrogen and oxygen atoms in total. The van der Waals surface area contributed by atoms with Gasteiger partial charge < -0.3 is 24.4 Å². The fourth-order valence-corrected chi connectivity index (χ4v) is 3.85. The maximum Gasteiger partial charge on any atom is 0.410 e. The summed E-state index contributed by atoms with van der Waals surface area (Å²) >= 11 is 5.88. The Balaban J connectivity index is 1.69. The molecule has 1 N–H and O–H groups in total. The molecule has 2 aromatic rings. The molecule has 3 amide bonds. The number of likely N-dealkylation sites (N-methyl/N-ethyl adjacent to an activating group) is 1. The van der Waals surface area contributed by atoms with E-state index in [0.29, 0.717) is 5.02 Å². The Hall–Kier alpha value is -3.33. The molecule has 35 heavy (non-hydrogen) atoms. The van der Waals surface area contributed by atoms with Crippen LogP contribution in [0.5, 0.6) is 0 Å². The molecule has 1 aromatic heterocycles. The van der Waals surface area contributed by atoms with Crippen molar-refractivity contribution in [3.05, 3.63) is 68.6 Å². The number of rotatable bonds is 6. The Morgan fingerprint density at radius 2 is 1.80 bits per heavy atom. The molecule has 0 spiro atoms. The van der Waals surface area contributed by atoms with Gasteiger partial charge in [-0.2, -0.15) is 0 Å². The fraction of sp³-hybridized carbons (Fsp3) is 0.440. The second kappa shape index (κ2) is 10.5. The van der Waals surface area contributed by atoms with E-state index in [1.54, 1.807) is 57.0 Å². The second-order valence-corrected chi connectivity index (χ2v) is 10.0. The zero-order chi connectivity index (χ0) is 25.9. The average Bonchev–Trinajstić information content (AvgIpc) is 2.77. The highest BCUT2D eigenvalue weighted by molar-refractivity contribution is 6.30. The summed E-state index contributed by atoms with van der Waals surface area (Å²) in [4.78, 5) is 54.1. The van der Waals surface area contributed by atoms with E-state index in [4.69, 9.17) is 16.3 Å². The minimum atomic E-state index is -0.613. The Kier molecular flexibility index (Phi) is 7.90. The van der Waals surface area contributed by atoms with Crippen LogP contribution in [0.4, 0.5) is 4.79 Å². The number of ether oxygens (including phenoxy) is 1. The van der Waals surface area contributed by atoms with Crippen LogP contribution >= 0.6 is 11.6 Å². The average molecular weight is 503 g/mol. The summed E-state index contributed by atoms with van der Waals surface area (Å²) in [7, 11) is 1.61. The highest BCUT2D eigenvalue weighted by atomic mass is 35.5. The Bertz CT molecular complexity index is 1170. The van der Waals surface area contributed by atoms with Crippen molar-refractivity contribution >= 4 is 29.5 Å². The zero-order valence-corrected chi connectivity index (χ0v) is 21.4. The lowest BCUT2D eigenvalue weighted by Gasteiger charge is -2.36. The highest BCUT2D eigenvalue weighted by Crippen LogP contribution is 2.17. The molecule has 0 saturated carbocycles. The topological polar surface area (TPSA) is 101 Å². The molecule has 10 heteroatoms. The van der Waals surface area contributed by atoms with Gasteiger partial charge in [0.2, 0.25) is 0 Å². The SMILES string of the molecule is CC1Cn2c(ccc(C(=O)NCc3ccc(Cl)cc3)c2=O)C(=O)N1CCN(C)C(=O)OC(C)(C)C. The van der Waals surface area contributed by atoms with Gasteiger partial charge in [-0.25, -0.2) is 4.79 Å². The van der Waals surface area contributed by atoms with E-state index in [1.165, 1.54) is 21.6 Å². The molecule has 1 aliphatic rings. The van der Waals surface area contributed by atoms with E-state index in [0.717, 1.165) is 5.56 Å².